The van der Waals surface area contributed by atoms with Crippen LogP contribution in [0.3, 0.4) is 0 Å². The SMILES string of the molecule is CN(C)CCN(C)Cc1ccc2nc(-c3ccc(Cl)cc3O)sc2c1. The van der Waals surface area contributed by atoms with E-state index in [2.05, 4.69) is 54.1 Å². The zero-order valence-corrected chi connectivity index (χ0v) is 16.2. The minimum atomic E-state index is 0.162. The van der Waals surface area contributed by atoms with Crippen LogP contribution in [0.2, 0.25) is 5.02 Å². The maximum atomic E-state index is 10.1. The molecular weight excluding hydrogens is 354 g/mol. The van der Waals surface area contributed by atoms with Crippen LogP contribution in [0.1, 0.15) is 5.56 Å². The number of hydrogen-bond donors (Lipinski definition) is 1. The Hall–Kier alpha value is -1.66. The highest BCUT2D eigenvalue weighted by molar-refractivity contribution is 7.21. The van der Waals surface area contributed by atoms with E-state index < -0.39 is 0 Å². The molecule has 0 aliphatic carbocycles. The molecular formula is C19H22ClN3OS. The molecule has 2 aromatic carbocycles. The second-order valence-corrected chi connectivity index (χ2v) is 7.99. The molecule has 0 aliphatic rings. The third kappa shape index (κ3) is 4.50. The van der Waals surface area contributed by atoms with Gasteiger partial charge in [-0.2, -0.15) is 0 Å². The lowest BCUT2D eigenvalue weighted by atomic mass is 10.2. The van der Waals surface area contributed by atoms with Crippen molar-refractivity contribution < 1.29 is 5.11 Å². The summed E-state index contributed by atoms with van der Waals surface area (Å²) in [6.07, 6.45) is 0. The Labute approximate surface area is 157 Å². The van der Waals surface area contributed by atoms with Crippen molar-refractivity contribution in [3.8, 4) is 16.3 Å². The first-order valence-electron chi connectivity index (χ1n) is 8.14. The first-order valence-corrected chi connectivity index (χ1v) is 9.33. The highest BCUT2D eigenvalue weighted by atomic mass is 35.5. The average molecular weight is 376 g/mol. The molecule has 0 spiro atoms. The van der Waals surface area contributed by atoms with E-state index in [4.69, 9.17) is 11.6 Å². The highest BCUT2D eigenvalue weighted by Gasteiger charge is 2.11. The number of fused-ring (bicyclic) bond motifs is 1. The number of thiazole rings is 1. The summed E-state index contributed by atoms with van der Waals surface area (Å²) < 4.78 is 1.13. The fourth-order valence-corrected chi connectivity index (χ4v) is 3.86. The van der Waals surface area contributed by atoms with Gasteiger partial charge in [-0.05, 0) is 57.0 Å². The van der Waals surface area contributed by atoms with E-state index in [9.17, 15) is 5.11 Å². The molecule has 4 nitrogen and oxygen atoms in total. The third-order valence-corrected chi connectivity index (χ3v) is 5.31. The summed E-state index contributed by atoms with van der Waals surface area (Å²) in [6, 6.07) is 11.5. The number of hydrogen-bond acceptors (Lipinski definition) is 5. The van der Waals surface area contributed by atoms with Crippen LogP contribution in [0, 0.1) is 0 Å². The van der Waals surface area contributed by atoms with Crippen molar-refractivity contribution in [2.75, 3.05) is 34.2 Å². The molecule has 0 saturated heterocycles. The van der Waals surface area contributed by atoms with Gasteiger partial charge in [0.2, 0.25) is 0 Å². The normalized spacial score (nSPS) is 11.8. The molecule has 1 aromatic heterocycles. The summed E-state index contributed by atoms with van der Waals surface area (Å²) in [5.74, 6) is 0.162. The monoisotopic (exact) mass is 375 g/mol. The number of halogens is 1. The molecule has 0 saturated carbocycles. The minimum Gasteiger partial charge on any atom is -0.507 e. The molecule has 0 radical (unpaired) electrons. The molecule has 0 fully saturated rings. The van der Waals surface area contributed by atoms with Crippen LogP contribution in [0.25, 0.3) is 20.8 Å². The number of likely N-dealkylation sites (N-methyl/N-ethyl adjacent to an activating group) is 2. The van der Waals surface area contributed by atoms with Crippen molar-refractivity contribution in [1.29, 1.82) is 0 Å². The van der Waals surface area contributed by atoms with Gasteiger partial charge in [0, 0.05) is 24.7 Å². The van der Waals surface area contributed by atoms with Gasteiger partial charge < -0.3 is 14.9 Å². The van der Waals surface area contributed by atoms with Crippen LogP contribution < -0.4 is 0 Å². The lowest BCUT2D eigenvalue weighted by Gasteiger charge is -2.19. The number of rotatable bonds is 6. The average Bonchev–Trinajstić information content (AvgIpc) is 2.95. The summed E-state index contributed by atoms with van der Waals surface area (Å²) in [6.45, 7) is 2.97. The van der Waals surface area contributed by atoms with Gasteiger partial charge in [0.1, 0.15) is 10.8 Å². The van der Waals surface area contributed by atoms with E-state index in [-0.39, 0.29) is 5.75 Å². The lowest BCUT2D eigenvalue weighted by Crippen LogP contribution is -2.28. The molecule has 3 aromatic rings. The van der Waals surface area contributed by atoms with Gasteiger partial charge in [-0.1, -0.05) is 17.7 Å². The summed E-state index contributed by atoms with van der Waals surface area (Å²) in [4.78, 5) is 9.15. The fraction of sp³-hybridized carbons (Fsp3) is 0.316. The molecule has 1 N–H and O–H groups in total. The van der Waals surface area contributed by atoms with Gasteiger partial charge in [-0.15, -0.1) is 11.3 Å². The van der Waals surface area contributed by atoms with Crippen molar-refractivity contribution in [2.24, 2.45) is 0 Å². The zero-order chi connectivity index (χ0) is 18.0. The number of aromatic hydroxyl groups is 1. The molecule has 1 heterocycles. The molecule has 132 valence electrons. The van der Waals surface area contributed by atoms with E-state index in [0.29, 0.717) is 5.02 Å². The molecule has 0 unspecified atom stereocenters. The van der Waals surface area contributed by atoms with Crippen molar-refractivity contribution in [2.45, 2.75) is 6.54 Å². The second kappa shape index (κ2) is 7.70. The van der Waals surface area contributed by atoms with Crippen molar-refractivity contribution in [3.63, 3.8) is 0 Å². The van der Waals surface area contributed by atoms with E-state index in [1.165, 1.54) is 5.56 Å². The largest absolute Gasteiger partial charge is 0.507 e. The molecule has 0 bridgehead atoms. The van der Waals surface area contributed by atoms with E-state index in [1.54, 1.807) is 23.5 Å². The Morgan fingerprint density at radius 3 is 2.60 bits per heavy atom. The van der Waals surface area contributed by atoms with Crippen LogP contribution in [0.15, 0.2) is 36.4 Å². The first kappa shape index (κ1) is 18.1. The predicted octanol–water partition coefficient (Wildman–Crippen LogP) is 4.32. The number of aromatic nitrogens is 1. The van der Waals surface area contributed by atoms with E-state index in [1.807, 2.05) is 6.07 Å². The van der Waals surface area contributed by atoms with Crippen molar-refractivity contribution in [1.82, 2.24) is 14.8 Å². The lowest BCUT2D eigenvalue weighted by molar-refractivity contribution is 0.276. The van der Waals surface area contributed by atoms with Crippen molar-refractivity contribution in [3.05, 3.63) is 47.0 Å². The Kier molecular flexibility index (Phi) is 5.59. The third-order valence-electron chi connectivity index (χ3n) is 4.02. The van der Waals surface area contributed by atoms with Gasteiger partial charge in [-0.3, -0.25) is 0 Å². The summed E-state index contributed by atoms with van der Waals surface area (Å²) in [7, 11) is 6.31. The van der Waals surface area contributed by atoms with Crippen LogP contribution in [0.5, 0.6) is 5.75 Å². The van der Waals surface area contributed by atoms with Gasteiger partial charge in [0.25, 0.3) is 0 Å². The topological polar surface area (TPSA) is 39.6 Å². The number of phenolic OH excluding ortho intramolecular Hbond substituents is 1. The number of phenols is 1. The summed E-state index contributed by atoms with van der Waals surface area (Å²) in [5, 5.41) is 11.4. The molecule has 25 heavy (non-hydrogen) atoms. The quantitative estimate of drug-likeness (QED) is 0.696. The summed E-state index contributed by atoms with van der Waals surface area (Å²) in [5.41, 5.74) is 2.94. The first-order chi connectivity index (χ1) is 11.9. The molecule has 0 amide bonds. The smallest absolute Gasteiger partial charge is 0.128 e. The Morgan fingerprint density at radius 2 is 1.88 bits per heavy atom. The Morgan fingerprint density at radius 1 is 1.08 bits per heavy atom. The highest BCUT2D eigenvalue weighted by Crippen LogP contribution is 2.36. The fourth-order valence-electron chi connectivity index (χ4n) is 2.63. The second-order valence-electron chi connectivity index (χ2n) is 6.52. The standard InChI is InChI=1S/C19H22ClN3OS/c1-22(2)8-9-23(3)12-13-4-7-16-18(10-13)25-19(21-16)15-6-5-14(20)11-17(15)24/h4-7,10-11,24H,8-9,12H2,1-3H3. The molecule has 3 rings (SSSR count). The number of nitrogens with zero attached hydrogens (tertiary/aromatic N) is 3. The van der Waals surface area contributed by atoms with Crippen LogP contribution in [-0.2, 0) is 6.54 Å². The van der Waals surface area contributed by atoms with Gasteiger partial charge in [0.05, 0.1) is 15.8 Å². The van der Waals surface area contributed by atoms with Gasteiger partial charge in [0.15, 0.2) is 0 Å². The maximum Gasteiger partial charge on any atom is 0.128 e. The maximum absolute atomic E-state index is 10.1. The molecule has 0 atom stereocenters. The van der Waals surface area contributed by atoms with Gasteiger partial charge >= 0.3 is 0 Å². The molecule has 6 heteroatoms. The van der Waals surface area contributed by atoms with Gasteiger partial charge in [-0.25, -0.2) is 4.98 Å². The van der Waals surface area contributed by atoms with Crippen LogP contribution >= 0.6 is 22.9 Å². The van der Waals surface area contributed by atoms with Crippen molar-refractivity contribution >= 4 is 33.2 Å². The van der Waals surface area contributed by atoms with E-state index >= 15 is 0 Å². The van der Waals surface area contributed by atoms with Crippen LogP contribution in [-0.4, -0.2) is 54.1 Å². The predicted molar refractivity (Wildman–Crippen MR) is 107 cm³/mol. The minimum absolute atomic E-state index is 0.162. The zero-order valence-electron chi connectivity index (χ0n) is 14.7. The number of benzene rings is 2. The molecule has 0 aliphatic heterocycles. The Bertz CT molecular complexity index is 878. The van der Waals surface area contributed by atoms with Crippen LogP contribution in [0.4, 0.5) is 0 Å². The summed E-state index contributed by atoms with van der Waals surface area (Å²) >= 11 is 7.50. The Balaban J connectivity index is 1.82. The van der Waals surface area contributed by atoms with E-state index in [0.717, 1.165) is 40.4 Å².